The Morgan fingerprint density at radius 2 is 1.94 bits per heavy atom. The van der Waals surface area contributed by atoms with Crippen LogP contribution in [0.25, 0.3) is 0 Å². The van der Waals surface area contributed by atoms with Crippen LogP contribution in [0.2, 0.25) is 0 Å². The van der Waals surface area contributed by atoms with Gasteiger partial charge in [-0.25, -0.2) is 0 Å². The predicted molar refractivity (Wildman–Crippen MR) is 62.0 cm³/mol. The largest absolute Gasteiger partial charge is 0.465 e. The molecule has 92 valence electrons. The van der Waals surface area contributed by atoms with E-state index in [1.807, 2.05) is 0 Å². The van der Waals surface area contributed by atoms with E-state index in [1.165, 1.54) is 6.92 Å². The fourth-order valence-corrected chi connectivity index (χ4v) is 1.71. The van der Waals surface area contributed by atoms with Crippen LogP contribution in [0.3, 0.4) is 0 Å². The molecule has 1 atom stereocenters. The average Bonchev–Trinajstić information content (AvgIpc) is 2.32. The van der Waals surface area contributed by atoms with Gasteiger partial charge in [-0.15, -0.1) is 0 Å². The van der Waals surface area contributed by atoms with Gasteiger partial charge in [0.2, 0.25) is 0 Å². The van der Waals surface area contributed by atoms with Crippen LogP contribution in [0.1, 0.15) is 26.2 Å². The molecule has 1 aromatic rings. The van der Waals surface area contributed by atoms with E-state index in [4.69, 9.17) is 14.2 Å². The van der Waals surface area contributed by atoms with Crippen molar-refractivity contribution in [1.82, 2.24) is 0 Å². The highest BCUT2D eigenvalue weighted by molar-refractivity contribution is 5.69. The summed E-state index contributed by atoms with van der Waals surface area (Å²) < 4.78 is 16.1. The Morgan fingerprint density at radius 1 is 1.24 bits per heavy atom. The molecule has 1 saturated heterocycles. The zero-order valence-corrected chi connectivity index (χ0v) is 9.85. The molecule has 17 heavy (non-hydrogen) atoms. The molecule has 0 spiro atoms. The number of carbonyl (C=O) groups excluding carboxylic acids is 1. The Morgan fingerprint density at radius 3 is 2.53 bits per heavy atom. The second kappa shape index (κ2) is 5.68. The minimum atomic E-state index is -0.325. The number of esters is 1. The fourth-order valence-electron chi connectivity index (χ4n) is 1.71. The predicted octanol–water partition coefficient (Wildman–Crippen LogP) is 2.52. The first-order valence-corrected chi connectivity index (χ1v) is 5.81. The molecule has 0 radical (unpaired) electrons. The van der Waals surface area contributed by atoms with E-state index in [9.17, 15) is 4.79 Å². The quantitative estimate of drug-likeness (QED) is 0.597. The minimum absolute atomic E-state index is 0.150. The van der Waals surface area contributed by atoms with E-state index in [-0.39, 0.29) is 12.3 Å². The Hall–Kier alpha value is -1.55. The van der Waals surface area contributed by atoms with Gasteiger partial charge in [-0.05, 0) is 37.1 Å². The maximum Gasteiger partial charge on any atom is 0.308 e. The summed E-state index contributed by atoms with van der Waals surface area (Å²) in [5.74, 6) is 0.927. The summed E-state index contributed by atoms with van der Waals surface area (Å²) in [6.07, 6.45) is 3.01. The molecule has 0 bridgehead atoms. The third-order valence-electron chi connectivity index (χ3n) is 2.49. The lowest BCUT2D eigenvalue weighted by atomic mass is 10.2. The second-order valence-corrected chi connectivity index (χ2v) is 3.98. The van der Waals surface area contributed by atoms with Crippen LogP contribution in [-0.2, 0) is 9.53 Å². The second-order valence-electron chi connectivity index (χ2n) is 3.98. The average molecular weight is 236 g/mol. The molecule has 4 nitrogen and oxygen atoms in total. The Bertz CT molecular complexity index is 366. The molecule has 0 N–H and O–H groups in total. The van der Waals surface area contributed by atoms with Crippen molar-refractivity contribution < 1.29 is 19.0 Å². The molecule has 4 heteroatoms. The monoisotopic (exact) mass is 236 g/mol. The number of ether oxygens (including phenoxy) is 3. The lowest BCUT2D eigenvalue weighted by molar-refractivity contribution is -0.131. The number of benzene rings is 1. The molecule has 0 amide bonds. The summed E-state index contributed by atoms with van der Waals surface area (Å²) in [4.78, 5) is 10.7. The number of rotatable bonds is 3. The lowest BCUT2D eigenvalue weighted by Crippen LogP contribution is -2.24. The Balaban J connectivity index is 1.90. The SMILES string of the molecule is CC(=O)Oc1ccc(OC2CCCCO2)cc1. The molecular weight excluding hydrogens is 220 g/mol. The molecule has 1 unspecified atom stereocenters. The zero-order valence-electron chi connectivity index (χ0n) is 9.85. The molecule has 1 heterocycles. The third kappa shape index (κ3) is 3.75. The molecule has 1 fully saturated rings. The smallest absolute Gasteiger partial charge is 0.308 e. The molecule has 2 rings (SSSR count). The number of hydrogen-bond acceptors (Lipinski definition) is 4. The molecule has 1 aliphatic heterocycles. The summed E-state index contributed by atoms with van der Waals surface area (Å²) in [7, 11) is 0. The lowest BCUT2D eigenvalue weighted by Gasteiger charge is -2.23. The van der Waals surface area contributed by atoms with Crippen molar-refractivity contribution in [3.63, 3.8) is 0 Å². The maximum atomic E-state index is 10.7. The Labute approximate surface area is 100 Å². The van der Waals surface area contributed by atoms with Gasteiger partial charge in [0.05, 0.1) is 6.61 Å². The summed E-state index contributed by atoms with van der Waals surface area (Å²) in [6.45, 7) is 2.14. The van der Waals surface area contributed by atoms with Crippen molar-refractivity contribution in [2.75, 3.05) is 6.61 Å². The first-order valence-electron chi connectivity index (χ1n) is 5.81. The molecule has 0 aromatic heterocycles. The van der Waals surface area contributed by atoms with Gasteiger partial charge in [0.1, 0.15) is 11.5 Å². The van der Waals surface area contributed by atoms with E-state index in [2.05, 4.69) is 0 Å². The van der Waals surface area contributed by atoms with Crippen LogP contribution in [0, 0.1) is 0 Å². The van der Waals surface area contributed by atoms with Gasteiger partial charge in [0, 0.05) is 13.3 Å². The van der Waals surface area contributed by atoms with Crippen LogP contribution in [0.5, 0.6) is 11.5 Å². The third-order valence-corrected chi connectivity index (χ3v) is 2.49. The molecule has 0 aliphatic carbocycles. The summed E-state index contributed by atoms with van der Waals surface area (Å²) in [6, 6.07) is 6.96. The number of carbonyl (C=O) groups is 1. The van der Waals surface area contributed by atoms with Crippen LogP contribution in [0.15, 0.2) is 24.3 Å². The first kappa shape index (κ1) is 11.9. The highest BCUT2D eigenvalue weighted by Crippen LogP contribution is 2.22. The van der Waals surface area contributed by atoms with Crippen LogP contribution >= 0.6 is 0 Å². The standard InChI is InChI=1S/C13H16O4/c1-10(14)16-11-5-7-12(8-6-11)17-13-4-2-3-9-15-13/h5-8,13H,2-4,9H2,1H3. The van der Waals surface area contributed by atoms with Gasteiger partial charge >= 0.3 is 5.97 Å². The number of hydrogen-bond donors (Lipinski definition) is 0. The van der Waals surface area contributed by atoms with E-state index >= 15 is 0 Å². The van der Waals surface area contributed by atoms with Crippen molar-refractivity contribution in [2.45, 2.75) is 32.5 Å². The first-order chi connectivity index (χ1) is 8.24. The normalized spacial score (nSPS) is 19.7. The molecule has 1 aromatic carbocycles. The van der Waals surface area contributed by atoms with Gasteiger partial charge < -0.3 is 14.2 Å². The van der Waals surface area contributed by atoms with Crippen LogP contribution < -0.4 is 9.47 Å². The van der Waals surface area contributed by atoms with Gasteiger partial charge in [-0.3, -0.25) is 4.79 Å². The minimum Gasteiger partial charge on any atom is -0.465 e. The topological polar surface area (TPSA) is 44.8 Å². The molecule has 1 aliphatic rings. The fraction of sp³-hybridized carbons (Fsp3) is 0.462. The van der Waals surface area contributed by atoms with Gasteiger partial charge in [-0.1, -0.05) is 0 Å². The summed E-state index contributed by atoms with van der Waals surface area (Å²) >= 11 is 0. The van der Waals surface area contributed by atoms with Crippen molar-refractivity contribution in [1.29, 1.82) is 0 Å². The van der Waals surface area contributed by atoms with Crippen molar-refractivity contribution in [3.8, 4) is 11.5 Å². The van der Waals surface area contributed by atoms with E-state index in [0.717, 1.165) is 31.6 Å². The molecule has 0 saturated carbocycles. The summed E-state index contributed by atoms with van der Waals surface area (Å²) in [5, 5.41) is 0. The maximum absolute atomic E-state index is 10.7. The van der Waals surface area contributed by atoms with Gasteiger partial charge in [-0.2, -0.15) is 0 Å². The molecular formula is C13H16O4. The van der Waals surface area contributed by atoms with Crippen molar-refractivity contribution >= 4 is 5.97 Å². The highest BCUT2D eigenvalue weighted by atomic mass is 16.7. The van der Waals surface area contributed by atoms with E-state index in [0.29, 0.717) is 5.75 Å². The van der Waals surface area contributed by atoms with Crippen LogP contribution in [0.4, 0.5) is 0 Å². The summed E-state index contributed by atoms with van der Waals surface area (Å²) in [5.41, 5.74) is 0. The van der Waals surface area contributed by atoms with Crippen molar-refractivity contribution in [3.05, 3.63) is 24.3 Å². The van der Waals surface area contributed by atoms with E-state index < -0.39 is 0 Å². The van der Waals surface area contributed by atoms with E-state index in [1.54, 1.807) is 24.3 Å². The van der Waals surface area contributed by atoms with Crippen molar-refractivity contribution in [2.24, 2.45) is 0 Å². The van der Waals surface area contributed by atoms with Gasteiger partial charge in [0.15, 0.2) is 6.29 Å². The highest BCUT2D eigenvalue weighted by Gasteiger charge is 2.14. The zero-order chi connectivity index (χ0) is 12.1. The van der Waals surface area contributed by atoms with Gasteiger partial charge in [0.25, 0.3) is 0 Å². The Kier molecular flexibility index (Phi) is 3.98. The van der Waals surface area contributed by atoms with Crippen LogP contribution in [-0.4, -0.2) is 18.9 Å².